The van der Waals surface area contributed by atoms with Crippen molar-refractivity contribution in [2.24, 2.45) is 10.2 Å². The van der Waals surface area contributed by atoms with Gasteiger partial charge in [0.25, 0.3) is 0 Å². The van der Waals surface area contributed by atoms with E-state index in [1.807, 2.05) is 26.0 Å². The van der Waals surface area contributed by atoms with E-state index < -0.39 is 5.25 Å². The molecule has 0 unspecified atom stereocenters. The number of ether oxygens (including phenoxy) is 1. The summed E-state index contributed by atoms with van der Waals surface area (Å²) in [6, 6.07) is 14.3. The molecule has 2 amide bonds. The first-order valence-electron chi connectivity index (χ1n) is 9.33. The SMILES string of the molecule is CCOc1ccc(NC(=O)C[C@H]2S/C(=N/N=C(/C)c3ccc(Cl)cc3)NC2=O)cc1. The molecule has 1 aliphatic rings. The van der Waals surface area contributed by atoms with Crippen LogP contribution in [0.1, 0.15) is 25.8 Å². The Labute approximate surface area is 183 Å². The molecule has 1 saturated heterocycles. The molecule has 156 valence electrons. The molecule has 9 heteroatoms. The zero-order valence-corrected chi connectivity index (χ0v) is 18.1. The molecule has 2 aromatic carbocycles. The number of hydrogen-bond acceptors (Lipinski definition) is 6. The van der Waals surface area contributed by atoms with Gasteiger partial charge >= 0.3 is 0 Å². The van der Waals surface area contributed by atoms with Gasteiger partial charge in [0, 0.05) is 17.1 Å². The van der Waals surface area contributed by atoms with Crippen LogP contribution in [0.4, 0.5) is 5.69 Å². The van der Waals surface area contributed by atoms with Crippen molar-refractivity contribution in [3.63, 3.8) is 0 Å². The second-order valence-corrected chi connectivity index (χ2v) is 8.03. The van der Waals surface area contributed by atoms with Crippen molar-refractivity contribution in [3.05, 3.63) is 59.1 Å². The fourth-order valence-corrected chi connectivity index (χ4v) is 3.68. The van der Waals surface area contributed by atoms with Crippen LogP contribution < -0.4 is 15.4 Å². The predicted molar refractivity (Wildman–Crippen MR) is 121 cm³/mol. The number of halogens is 1. The first-order valence-corrected chi connectivity index (χ1v) is 10.6. The van der Waals surface area contributed by atoms with Gasteiger partial charge in [-0.15, -0.1) is 5.10 Å². The maximum atomic E-state index is 12.3. The van der Waals surface area contributed by atoms with Gasteiger partial charge < -0.3 is 15.4 Å². The van der Waals surface area contributed by atoms with Crippen molar-refractivity contribution in [1.29, 1.82) is 0 Å². The highest BCUT2D eigenvalue weighted by molar-refractivity contribution is 8.15. The Morgan fingerprint density at radius 2 is 1.90 bits per heavy atom. The minimum absolute atomic E-state index is 0.0304. The van der Waals surface area contributed by atoms with E-state index in [1.165, 1.54) is 11.8 Å². The highest BCUT2D eigenvalue weighted by atomic mass is 35.5. The Hall–Kier alpha value is -2.84. The molecule has 1 fully saturated rings. The Kier molecular flexibility index (Phi) is 7.48. The third-order valence-electron chi connectivity index (χ3n) is 4.15. The second-order valence-electron chi connectivity index (χ2n) is 6.40. The summed E-state index contributed by atoms with van der Waals surface area (Å²) in [5.74, 6) is 0.213. The molecule has 2 N–H and O–H groups in total. The summed E-state index contributed by atoms with van der Waals surface area (Å²) < 4.78 is 5.37. The predicted octanol–water partition coefficient (Wildman–Crippen LogP) is 4.08. The van der Waals surface area contributed by atoms with Crippen LogP contribution in [-0.4, -0.2) is 34.6 Å². The van der Waals surface area contributed by atoms with Gasteiger partial charge in [0.05, 0.1) is 12.3 Å². The van der Waals surface area contributed by atoms with E-state index in [1.54, 1.807) is 36.4 Å². The van der Waals surface area contributed by atoms with Gasteiger partial charge in [-0.2, -0.15) is 5.10 Å². The number of anilines is 1. The normalized spacial score (nSPS) is 17.7. The van der Waals surface area contributed by atoms with Crippen molar-refractivity contribution in [1.82, 2.24) is 5.32 Å². The molecule has 1 heterocycles. The number of carbonyl (C=O) groups is 2. The van der Waals surface area contributed by atoms with Gasteiger partial charge in [-0.3, -0.25) is 9.59 Å². The van der Waals surface area contributed by atoms with E-state index in [2.05, 4.69) is 20.8 Å². The van der Waals surface area contributed by atoms with Gasteiger partial charge in [-0.05, 0) is 55.8 Å². The largest absolute Gasteiger partial charge is 0.494 e. The Balaban J connectivity index is 1.55. The van der Waals surface area contributed by atoms with Crippen molar-refractivity contribution < 1.29 is 14.3 Å². The maximum absolute atomic E-state index is 12.3. The van der Waals surface area contributed by atoms with Gasteiger partial charge in [-0.25, -0.2) is 0 Å². The Morgan fingerprint density at radius 1 is 1.20 bits per heavy atom. The van der Waals surface area contributed by atoms with Gasteiger partial charge in [0.1, 0.15) is 11.0 Å². The molecule has 0 aliphatic carbocycles. The van der Waals surface area contributed by atoms with Gasteiger partial charge in [0.15, 0.2) is 5.17 Å². The molecular formula is C21H21ClN4O3S. The molecule has 7 nitrogen and oxygen atoms in total. The lowest BCUT2D eigenvalue weighted by Crippen LogP contribution is -2.28. The number of rotatable bonds is 7. The number of carbonyl (C=O) groups excluding carboxylic acids is 2. The summed E-state index contributed by atoms with van der Waals surface area (Å²) in [6.45, 7) is 4.30. The topological polar surface area (TPSA) is 92.2 Å². The number of amides is 2. The van der Waals surface area contributed by atoms with Crippen molar-refractivity contribution in [3.8, 4) is 5.75 Å². The lowest BCUT2D eigenvalue weighted by molar-refractivity contribution is -0.122. The maximum Gasteiger partial charge on any atom is 0.240 e. The van der Waals surface area contributed by atoms with Crippen molar-refractivity contribution in [2.75, 3.05) is 11.9 Å². The monoisotopic (exact) mass is 444 g/mol. The Morgan fingerprint density at radius 3 is 2.57 bits per heavy atom. The van der Waals surface area contributed by atoms with Crippen LogP contribution in [-0.2, 0) is 9.59 Å². The quantitative estimate of drug-likeness (QED) is 0.497. The van der Waals surface area contributed by atoms with Crippen LogP contribution in [0.3, 0.4) is 0 Å². The molecule has 0 saturated carbocycles. The second kappa shape index (κ2) is 10.3. The number of amidine groups is 1. The van der Waals surface area contributed by atoms with Crippen LogP contribution in [0.25, 0.3) is 0 Å². The number of hydrogen-bond donors (Lipinski definition) is 2. The zero-order valence-electron chi connectivity index (χ0n) is 16.5. The molecule has 3 rings (SSSR count). The number of thioether (sulfide) groups is 1. The average Bonchev–Trinajstić information content (AvgIpc) is 3.07. The van der Waals surface area contributed by atoms with E-state index in [4.69, 9.17) is 16.3 Å². The molecule has 1 aliphatic heterocycles. The van der Waals surface area contributed by atoms with Crippen LogP contribution >= 0.6 is 23.4 Å². The van der Waals surface area contributed by atoms with Crippen LogP contribution in [0.15, 0.2) is 58.7 Å². The molecule has 0 spiro atoms. The summed E-state index contributed by atoms with van der Waals surface area (Å²) in [5, 5.41) is 14.2. The van der Waals surface area contributed by atoms with E-state index in [0.717, 1.165) is 11.3 Å². The highest BCUT2D eigenvalue weighted by Gasteiger charge is 2.32. The van der Waals surface area contributed by atoms with E-state index >= 15 is 0 Å². The number of nitrogens with one attached hydrogen (secondary N) is 2. The van der Waals surface area contributed by atoms with E-state index in [9.17, 15) is 9.59 Å². The van der Waals surface area contributed by atoms with Crippen molar-refractivity contribution >= 4 is 51.7 Å². The smallest absolute Gasteiger partial charge is 0.240 e. The molecule has 0 radical (unpaired) electrons. The fraction of sp³-hybridized carbons (Fsp3) is 0.238. The summed E-state index contributed by atoms with van der Waals surface area (Å²) >= 11 is 7.07. The van der Waals surface area contributed by atoms with E-state index in [0.29, 0.717) is 28.2 Å². The highest BCUT2D eigenvalue weighted by Crippen LogP contribution is 2.24. The first kappa shape index (κ1) is 21.9. The molecule has 1 atom stereocenters. The minimum atomic E-state index is -0.558. The number of benzene rings is 2. The molecule has 30 heavy (non-hydrogen) atoms. The number of nitrogens with zero attached hydrogens (tertiary/aromatic N) is 2. The van der Waals surface area contributed by atoms with Gasteiger partial charge in [0.2, 0.25) is 11.8 Å². The lowest BCUT2D eigenvalue weighted by atomic mass is 10.1. The lowest BCUT2D eigenvalue weighted by Gasteiger charge is -2.08. The van der Waals surface area contributed by atoms with Gasteiger partial charge in [-0.1, -0.05) is 35.5 Å². The third-order valence-corrected chi connectivity index (χ3v) is 5.47. The summed E-state index contributed by atoms with van der Waals surface area (Å²) in [6.07, 6.45) is 0.0304. The van der Waals surface area contributed by atoms with Crippen LogP contribution in [0.5, 0.6) is 5.75 Å². The standard InChI is InChI=1S/C21H21ClN4O3S/c1-3-29-17-10-8-16(9-11-17)23-19(27)12-18-20(28)24-21(30-18)26-25-13(2)14-4-6-15(22)7-5-14/h4-11,18H,3,12H2,1-2H3,(H,23,27)(H,24,26,28)/b25-13-/t18-/m1/s1. The average molecular weight is 445 g/mol. The van der Waals surface area contributed by atoms with Crippen LogP contribution in [0, 0.1) is 0 Å². The summed E-state index contributed by atoms with van der Waals surface area (Å²) in [4.78, 5) is 24.5. The Bertz CT molecular complexity index is 975. The summed E-state index contributed by atoms with van der Waals surface area (Å²) in [7, 11) is 0. The molecular weight excluding hydrogens is 424 g/mol. The zero-order chi connectivity index (χ0) is 21.5. The third kappa shape index (κ3) is 6.08. The fourth-order valence-electron chi connectivity index (χ4n) is 2.64. The summed E-state index contributed by atoms with van der Waals surface area (Å²) in [5.41, 5.74) is 2.21. The molecule has 2 aromatic rings. The molecule has 0 aromatic heterocycles. The minimum Gasteiger partial charge on any atom is -0.494 e. The first-order chi connectivity index (χ1) is 14.4. The van der Waals surface area contributed by atoms with Crippen LogP contribution in [0.2, 0.25) is 5.02 Å². The van der Waals surface area contributed by atoms with E-state index in [-0.39, 0.29) is 18.2 Å². The van der Waals surface area contributed by atoms with Crippen molar-refractivity contribution in [2.45, 2.75) is 25.5 Å². The molecule has 0 bridgehead atoms.